The van der Waals surface area contributed by atoms with E-state index in [1.165, 1.54) is 44.9 Å². The Balaban J connectivity index is 1.43. The van der Waals surface area contributed by atoms with E-state index in [1.807, 2.05) is 0 Å². The lowest BCUT2D eigenvalue weighted by molar-refractivity contribution is 0.0985. The van der Waals surface area contributed by atoms with Gasteiger partial charge in [-0.3, -0.25) is 0 Å². The van der Waals surface area contributed by atoms with Crippen LogP contribution in [-0.2, 0) is 4.74 Å². The Labute approximate surface area is 128 Å². The summed E-state index contributed by atoms with van der Waals surface area (Å²) in [7, 11) is 0. The third kappa shape index (κ3) is 3.71. The van der Waals surface area contributed by atoms with E-state index < -0.39 is 0 Å². The van der Waals surface area contributed by atoms with E-state index >= 15 is 0 Å². The Bertz CT molecular complexity index is 355. The fraction of sp³-hybridized carbons (Fsp3) is 0.941. The number of nitrogens with one attached hydrogen (secondary N) is 1. The molecule has 3 fully saturated rings. The minimum atomic E-state index is 0.173. The molecule has 21 heavy (non-hydrogen) atoms. The Kier molecular flexibility index (Phi) is 5.04. The number of hydrogen-bond acceptors (Lipinski definition) is 2. The van der Waals surface area contributed by atoms with Crippen molar-refractivity contribution in [2.75, 3.05) is 13.2 Å². The van der Waals surface area contributed by atoms with Crippen LogP contribution in [0.1, 0.15) is 64.7 Å². The normalized spacial score (nSPS) is 33.8. The van der Waals surface area contributed by atoms with Crippen LogP contribution in [-0.4, -0.2) is 42.3 Å². The summed E-state index contributed by atoms with van der Waals surface area (Å²) in [6.07, 6.45) is 11.3. The first kappa shape index (κ1) is 15.1. The van der Waals surface area contributed by atoms with E-state index in [4.69, 9.17) is 4.74 Å². The van der Waals surface area contributed by atoms with Gasteiger partial charge in [0.25, 0.3) is 0 Å². The highest BCUT2D eigenvalue weighted by molar-refractivity contribution is 5.75. The molecule has 0 aromatic heterocycles. The van der Waals surface area contributed by atoms with Crippen molar-refractivity contribution < 1.29 is 9.53 Å². The van der Waals surface area contributed by atoms with E-state index in [-0.39, 0.29) is 12.1 Å². The fourth-order valence-electron chi connectivity index (χ4n) is 4.38. The van der Waals surface area contributed by atoms with Crippen molar-refractivity contribution >= 4 is 6.03 Å². The van der Waals surface area contributed by atoms with Gasteiger partial charge in [0.15, 0.2) is 0 Å². The third-order valence-corrected chi connectivity index (χ3v) is 5.57. The molecule has 2 heterocycles. The summed E-state index contributed by atoms with van der Waals surface area (Å²) in [5.41, 5.74) is 0. The van der Waals surface area contributed by atoms with Crippen molar-refractivity contribution in [1.82, 2.24) is 10.2 Å². The first-order valence-corrected chi connectivity index (χ1v) is 8.93. The summed E-state index contributed by atoms with van der Waals surface area (Å²) in [5.74, 6) is 0.770. The molecule has 0 bridgehead atoms. The molecule has 3 rings (SSSR count). The molecular weight excluding hydrogens is 264 g/mol. The summed E-state index contributed by atoms with van der Waals surface area (Å²) in [4.78, 5) is 14.7. The standard InChI is InChI=1S/C17H30N2O2/c1-13(9-10-15-7-4-12-21-15)18-17(20)19-11-3-6-14-5-2-8-16(14)19/h13-16H,2-12H2,1H3,(H,18,20)/t13-,14-,15+,16+/m1/s1. The lowest BCUT2D eigenvalue weighted by atomic mass is 9.92. The van der Waals surface area contributed by atoms with E-state index in [0.29, 0.717) is 12.1 Å². The lowest BCUT2D eigenvalue weighted by Gasteiger charge is -2.38. The van der Waals surface area contributed by atoms with Gasteiger partial charge >= 0.3 is 6.03 Å². The quantitative estimate of drug-likeness (QED) is 0.864. The maximum absolute atomic E-state index is 12.5. The van der Waals surface area contributed by atoms with Crippen molar-refractivity contribution in [3.05, 3.63) is 0 Å². The lowest BCUT2D eigenvalue weighted by Crippen LogP contribution is -2.52. The van der Waals surface area contributed by atoms with Crippen LogP contribution in [0.2, 0.25) is 0 Å². The highest BCUT2D eigenvalue weighted by Gasteiger charge is 2.37. The van der Waals surface area contributed by atoms with Gasteiger partial charge in [-0.25, -0.2) is 4.79 Å². The van der Waals surface area contributed by atoms with Gasteiger partial charge in [-0.05, 0) is 64.2 Å². The third-order valence-electron chi connectivity index (χ3n) is 5.57. The molecule has 1 N–H and O–H groups in total. The van der Waals surface area contributed by atoms with Gasteiger partial charge < -0.3 is 15.0 Å². The van der Waals surface area contributed by atoms with Crippen molar-refractivity contribution in [3.8, 4) is 0 Å². The Morgan fingerprint density at radius 1 is 1.24 bits per heavy atom. The summed E-state index contributed by atoms with van der Waals surface area (Å²) < 4.78 is 5.66. The molecule has 2 aliphatic heterocycles. The Morgan fingerprint density at radius 2 is 2.10 bits per heavy atom. The highest BCUT2D eigenvalue weighted by atomic mass is 16.5. The van der Waals surface area contributed by atoms with Crippen LogP contribution in [0, 0.1) is 5.92 Å². The summed E-state index contributed by atoms with van der Waals surface area (Å²) in [6, 6.07) is 0.944. The van der Waals surface area contributed by atoms with Gasteiger partial charge in [0.1, 0.15) is 0 Å². The van der Waals surface area contributed by atoms with Gasteiger partial charge in [-0.15, -0.1) is 0 Å². The first-order valence-electron chi connectivity index (χ1n) is 8.93. The minimum Gasteiger partial charge on any atom is -0.378 e. The SMILES string of the molecule is C[C@H](CC[C@@H]1CCCO1)NC(=O)N1CCC[C@H]2CCC[C@@H]21. The first-order chi connectivity index (χ1) is 10.2. The van der Waals surface area contributed by atoms with Crippen LogP contribution in [0.3, 0.4) is 0 Å². The molecule has 0 aromatic carbocycles. The van der Waals surface area contributed by atoms with Crippen LogP contribution < -0.4 is 5.32 Å². The van der Waals surface area contributed by atoms with Gasteiger partial charge in [0.05, 0.1) is 6.10 Å². The van der Waals surface area contributed by atoms with Gasteiger partial charge in [0.2, 0.25) is 0 Å². The zero-order valence-corrected chi connectivity index (χ0v) is 13.4. The summed E-state index contributed by atoms with van der Waals surface area (Å²) in [6.45, 7) is 4.00. The molecular formula is C17H30N2O2. The number of urea groups is 1. The van der Waals surface area contributed by atoms with Crippen LogP contribution in [0.4, 0.5) is 4.79 Å². The van der Waals surface area contributed by atoms with Gasteiger partial charge in [0, 0.05) is 25.2 Å². The van der Waals surface area contributed by atoms with E-state index in [9.17, 15) is 4.79 Å². The number of nitrogens with zero attached hydrogens (tertiary/aromatic N) is 1. The topological polar surface area (TPSA) is 41.6 Å². The average molecular weight is 294 g/mol. The molecule has 4 nitrogen and oxygen atoms in total. The van der Waals surface area contributed by atoms with Gasteiger partial charge in [-0.2, -0.15) is 0 Å². The number of fused-ring (bicyclic) bond motifs is 1. The number of piperidine rings is 1. The van der Waals surface area contributed by atoms with Crippen LogP contribution in [0.15, 0.2) is 0 Å². The van der Waals surface area contributed by atoms with Crippen LogP contribution in [0.25, 0.3) is 0 Å². The minimum absolute atomic E-state index is 0.173. The Morgan fingerprint density at radius 3 is 2.90 bits per heavy atom. The van der Waals surface area contributed by atoms with Crippen molar-refractivity contribution in [3.63, 3.8) is 0 Å². The maximum atomic E-state index is 12.5. The fourth-order valence-corrected chi connectivity index (χ4v) is 4.38. The molecule has 4 atom stereocenters. The largest absolute Gasteiger partial charge is 0.378 e. The number of ether oxygens (including phenoxy) is 1. The second kappa shape index (κ2) is 6.99. The predicted molar refractivity (Wildman–Crippen MR) is 83.3 cm³/mol. The monoisotopic (exact) mass is 294 g/mol. The predicted octanol–water partition coefficient (Wildman–Crippen LogP) is 3.31. The van der Waals surface area contributed by atoms with Crippen LogP contribution in [0.5, 0.6) is 0 Å². The van der Waals surface area contributed by atoms with Crippen molar-refractivity contribution in [2.24, 2.45) is 5.92 Å². The molecule has 0 aromatic rings. The molecule has 0 spiro atoms. The zero-order valence-electron chi connectivity index (χ0n) is 13.4. The number of carbonyl (C=O) groups excluding carboxylic acids is 1. The van der Waals surface area contributed by atoms with Gasteiger partial charge in [-0.1, -0.05) is 6.42 Å². The molecule has 4 heteroatoms. The molecule has 2 amide bonds. The van der Waals surface area contributed by atoms with E-state index in [0.717, 1.165) is 31.9 Å². The second-order valence-electron chi connectivity index (χ2n) is 7.16. The molecule has 1 aliphatic carbocycles. The maximum Gasteiger partial charge on any atom is 0.317 e. The smallest absolute Gasteiger partial charge is 0.317 e. The molecule has 3 aliphatic rings. The summed E-state index contributed by atoms with van der Waals surface area (Å²) >= 11 is 0. The Hall–Kier alpha value is -0.770. The molecule has 0 unspecified atom stereocenters. The molecule has 120 valence electrons. The van der Waals surface area contributed by atoms with Crippen molar-refractivity contribution in [1.29, 1.82) is 0 Å². The van der Waals surface area contributed by atoms with Crippen LogP contribution >= 0.6 is 0 Å². The molecule has 0 radical (unpaired) electrons. The highest BCUT2D eigenvalue weighted by Crippen LogP contribution is 2.36. The second-order valence-corrected chi connectivity index (χ2v) is 7.16. The number of hydrogen-bond donors (Lipinski definition) is 1. The van der Waals surface area contributed by atoms with Crippen molar-refractivity contribution in [2.45, 2.75) is 82.9 Å². The molecule has 2 saturated heterocycles. The van der Waals surface area contributed by atoms with E-state index in [1.54, 1.807) is 0 Å². The number of carbonyl (C=O) groups is 1. The number of amides is 2. The average Bonchev–Trinajstić information content (AvgIpc) is 3.15. The zero-order chi connectivity index (χ0) is 14.7. The number of rotatable bonds is 4. The van der Waals surface area contributed by atoms with E-state index in [2.05, 4.69) is 17.1 Å². The molecule has 1 saturated carbocycles. The number of likely N-dealkylation sites (tertiary alicyclic amines) is 1. The summed E-state index contributed by atoms with van der Waals surface area (Å²) in [5, 5.41) is 3.22.